The fourth-order valence-electron chi connectivity index (χ4n) is 2.27. The smallest absolute Gasteiger partial charge is 0.328 e. The molecule has 32 heavy (non-hydrogen) atoms. The minimum Gasteiger partial charge on any atom is -0.481 e. The first-order chi connectivity index (χ1) is 14.6. The highest BCUT2D eigenvalue weighted by Crippen LogP contribution is 2.02. The molecule has 16 nitrogen and oxygen atoms in total. The molecule has 0 spiro atoms. The van der Waals surface area contributed by atoms with Gasteiger partial charge in [-0.3, -0.25) is 28.8 Å². The standard InChI is InChI=1S/C16H25N5O11/c1-5(22)12(16(31)32)21-15(30)8(4-11(26)27)20-14(29)7(3-10(24)25)19-13(28)6(17)2-9(18)23/h5-8,12,22H,2-4,17H2,1H3,(H2,18,23)(H,19,28)(H,20,29)(H,21,30)(H,24,25)(H,26,27)(H,31,32). The number of amides is 4. The fraction of sp³-hybridized carbons (Fsp3) is 0.562. The van der Waals surface area contributed by atoms with Crippen molar-refractivity contribution in [2.24, 2.45) is 11.5 Å². The number of carboxylic acids is 3. The normalized spacial score (nSPS) is 15.2. The number of aliphatic carboxylic acids is 3. The minimum absolute atomic E-state index is 0.618. The molecule has 0 fully saturated rings. The van der Waals surface area contributed by atoms with Gasteiger partial charge in [-0.2, -0.15) is 0 Å². The van der Waals surface area contributed by atoms with Crippen molar-refractivity contribution in [2.75, 3.05) is 0 Å². The zero-order valence-electron chi connectivity index (χ0n) is 16.8. The van der Waals surface area contributed by atoms with E-state index in [1.807, 2.05) is 16.0 Å². The maximum absolute atomic E-state index is 12.4. The van der Waals surface area contributed by atoms with Crippen LogP contribution in [0, 0.1) is 0 Å². The number of nitrogens with one attached hydrogen (secondary N) is 3. The highest BCUT2D eigenvalue weighted by atomic mass is 16.4. The highest BCUT2D eigenvalue weighted by molar-refractivity contribution is 5.97. The van der Waals surface area contributed by atoms with Crippen molar-refractivity contribution >= 4 is 41.5 Å². The summed E-state index contributed by atoms with van der Waals surface area (Å²) in [7, 11) is 0. The van der Waals surface area contributed by atoms with Crippen molar-refractivity contribution < 1.29 is 54.0 Å². The summed E-state index contributed by atoms with van der Waals surface area (Å²) >= 11 is 0. The van der Waals surface area contributed by atoms with Crippen LogP contribution >= 0.6 is 0 Å². The summed E-state index contributed by atoms with van der Waals surface area (Å²) in [5, 5.41) is 42.0. The average Bonchev–Trinajstić information content (AvgIpc) is 2.62. The van der Waals surface area contributed by atoms with Crippen LogP contribution in [0.4, 0.5) is 0 Å². The van der Waals surface area contributed by atoms with Crippen molar-refractivity contribution in [2.45, 2.75) is 56.5 Å². The molecule has 0 aliphatic heterocycles. The Morgan fingerprint density at radius 3 is 1.50 bits per heavy atom. The fourth-order valence-corrected chi connectivity index (χ4v) is 2.27. The molecule has 0 aromatic carbocycles. The van der Waals surface area contributed by atoms with Gasteiger partial charge in [0.15, 0.2) is 6.04 Å². The number of aliphatic hydroxyl groups is 1. The molecule has 5 unspecified atom stereocenters. The van der Waals surface area contributed by atoms with Crippen LogP contribution in [0.3, 0.4) is 0 Å². The Morgan fingerprint density at radius 1 is 0.750 bits per heavy atom. The van der Waals surface area contributed by atoms with Gasteiger partial charge in [0.25, 0.3) is 0 Å². The van der Waals surface area contributed by atoms with E-state index in [9.17, 15) is 38.7 Å². The summed E-state index contributed by atoms with van der Waals surface area (Å²) in [6, 6.07) is -7.09. The molecule has 0 aliphatic carbocycles. The lowest BCUT2D eigenvalue weighted by Gasteiger charge is -2.24. The molecule has 0 rings (SSSR count). The van der Waals surface area contributed by atoms with E-state index in [1.54, 1.807) is 0 Å². The Labute approximate surface area is 180 Å². The second-order valence-corrected chi connectivity index (χ2v) is 6.66. The predicted octanol–water partition coefficient (Wildman–Crippen LogP) is -4.94. The number of aliphatic hydroxyl groups excluding tert-OH is 1. The van der Waals surface area contributed by atoms with Crippen LogP contribution in [0.5, 0.6) is 0 Å². The quantitative estimate of drug-likeness (QED) is 0.117. The van der Waals surface area contributed by atoms with Crippen molar-refractivity contribution in [1.29, 1.82) is 0 Å². The maximum Gasteiger partial charge on any atom is 0.328 e. The molecule has 11 N–H and O–H groups in total. The zero-order chi connectivity index (χ0) is 25.2. The van der Waals surface area contributed by atoms with E-state index in [0.717, 1.165) is 6.92 Å². The van der Waals surface area contributed by atoms with Crippen LogP contribution in [0.1, 0.15) is 26.2 Å². The molecule has 4 amide bonds. The van der Waals surface area contributed by atoms with Gasteiger partial charge in [-0.15, -0.1) is 0 Å². The summed E-state index contributed by atoms with van der Waals surface area (Å²) in [6.45, 7) is 1.04. The molecule has 16 heteroatoms. The number of hydrogen-bond donors (Lipinski definition) is 9. The van der Waals surface area contributed by atoms with Crippen molar-refractivity contribution in [3.8, 4) is 0 Å². The van der Waals surface area contributed by atoms with Gasteiger partial charge in [-0.05, 0) is 6.92 Å². The molecule has 0 aliphatic rings. The summed E-state index contributed by atoms with van der Waals surface area (Å²) in [5.74, 6) is -9.48. The van der Waals surface area contributed by atoms with E-state index < -0.39 is 91.1 Å². The lowest BCUT2D eigenvalue weighted by atomic mass is 10.1. The molecule has 180 valence electrons. The van der Waals surface area contributed by atoms with Gasteiger partial charge >= 0.3 is 17.9 Å². The highest BCUT2D eigenvalue weighted by Gasteiger charge is 2.33. The van der Waals surface area contributed by atoms with Gasteiger partial charge in [-0.25, -0.2) is 4.79 Å². The molecule has 5 atom stereocenters. The summed E-state index contributed by atoms with van der Waals surface area (Å²) < 4.78 is 0. The van der Waals surface area contributed by atoms with Crippen LogP contribution in [0.25, 0.3) is 0 Å². The van der Waals surface area contributed by atoms with Gasteiger partial charge in [-0.1, -0.05) is 0 Å². The number of nitrogens with two attached hydrogens (primary N) is 2. The molecular formula is C16H25N5O11. The van der Waals surface area contributed by atoms with Crippen LogP contribution in [-0.4, -0.2) is 92.2 Å². The lowest BCUT2D eigenvalue weighted by molar-refractivity contribution is -0.146. The zero-order valence-corrected chi connectivity index (χ0v) is 16.8. The van der Waals surface area contributed by atoms with Gasteiger partial charge < -0.3 is 47.8 Å². The number of rotatable bonds is 14. The number of carbonyl (C=O) groups is 7. The van der Waals surface area contributed by atoms with E-state index in [1.165, 1.54) is 0 Å². The minimum atomic E-state index is -1.90. The average molecular weight is 463 g/mol. The van der Waals surface area contributed by atoms with Gasteiger partial charge in [0.05, 0.1) is 31.4 Å². The maximum atomic E-state index is 12.4. The second-order valence-electron chi connectivity index (χ2n) is 6.66. The molecule has 0 aromatic rings. The van der Waals surface area contributed by atoms with Crippen molar-refractivity contribution in [1.82, 2.24) is 16.0 Å². The summed E-state index contributed by atoms with van der Waals surface area (Å²) in [6.07, 6.45) is -4.25. The van der Waals surface area contributed by atoms with Gasteiger partial charge in [0.2, 0.25) is 23.6 Å². The van der Waals surface area contributed by atoms with E-state index in [2.05, 4.69) is 0 Å². The SMILES string of the molecule is CC(O)C(NC(=O)C(CC(=O)O)NC(=O)C(CC(=O)O)NC(=O)C(N)CC(N)=O)C(=O)O. The van der Waals surface area contributed by atoms with E-state index in [-0.39, 0.29) is 0 Å². The second kappa shape index (κ2) is 12.8. The third kappa shape index (κ3) is 10.3. The van der Waals surface area contributed by atoms with E-state index >= 15 is 0 Å². The Hall–Kier alpha value is -3.79. The molecule has 0 aromatic heterocycles. The first kappa shape index (κ1) is 28.2. The van der Waals surface area contributed by atoms with Gasteiger partial charge in [0, 0.05) is 0 Å². The Balaban J connectivity index is 5.56. The van der Waals surface area contributed by atoms with Crippen LogP contribution in [0.2, 0.25) is 0 Å². The molecule has 0 radical (unpaired) electrons. The Kier molecular flexibility index (Phi) is 11.3. The Bertz CT molecular complexity index is 769. The molecule has 0 heterocycles. The largest absolute Gasteiger partial charge is 0.481 e. The van der Waals surface area contributed by atoms with Crippen molar-refractivity contribution in [3.05, 3.63) is 0 Å². The first-order valence-corrected chi connectivity index (χ1v) is 8.95. The summed E-state index contributed by atoms with van der Waals surface area (Å²) in [4.78, 5) is 80.7. The number of primary amides is 1. The van der Waals surface area contributed by atoms with Crippen LogP contribution in [0.15, 0.2) is 0 Å². The van der Waals surface area contributed by atoms with E-state index in [0.29, 0.717) is 0 Å². The monoisotopic (exact) mass is 463 g/mol. The number of carboxylic acid groups (broad SMARTS) is 3. The van der Waals surface area contributed by atoms with Crippen molar-refractivity contribution in [3.63, 3.8) is 0 Å². The lowest BCUT2D eigenvalue weighted by Crippen LogP contribution is -2.59. The topological polar surface area (TPSA) is 289 Å². The van der Waals surface area contributed by atoms with Gasteiger partial charge in [0.1, 0.15) is 12.1 Å². The molecule has 0 saturated carbocycles. The number of carbonyl (C=O) groups excluding carboxylic acids is 4. The molecular weight excluding hydrogens is 438 g/mol. The Morgan fingerprint density at radius 2 is 1.16 bits per heavy atom. The molecule has 0 bridgehead atoms. The van der Waals surface area contributed by atoms with Crippen LogP contribution < -0.4 is 27.4 Å². The van der Waals surface area contributed by atoms with Crippen LogP contribution in [-0.2, 0) is 33.6 Å². The summed E-state index contributed by atoms with van der Waals surface area (Å²) in [5.41, 5.74) is 10.3. The third-order valence-corrected chi connectivity index (χ3v) is 3.83. The molecule has 0 saturated heterocycles. The number of hydrogen-bond acceptors (Lipinski definition) is 9. The third-order valence-electron chi connectivity index (χ3n) is 3.83. The van der Waals surface area contributed by atoms with E-state index in [4.69, 9.17) is 26.8 Å². The predicted molar refractivity (Wildman–Crippen MR) is 101 cm³/mol. The first-order valence-electron chi connectivity index (χ1n) is 8.95.